The van der Waals surface area contributed by atoms with E-state index in [1.807, 2.05) is 55.4 Å². The van der Waals surface area contributed by atoms with Crippen LogP contribution in [0.3, 0.4) is 0 Å². The summed E-state index contributed by atoms with van der Waals surface area (Å²) in [6, 6.07) is 14.5. The van der Waals surface area contributed by atoms with Gasteiger partial charge in [0.1, 0.15) is 11.3 Å². The molecule has 3 rings (SSSR count). The lowest BCUT2D eigenvalue weighted by Crippen LogP contribution is -2.37. The standard InChI is InChI=1S/C19H20FN3OS.ClH/c1-22(2)11-12-23(17(24)13-14-7-4-3-5-8-14)19-21-18-15(20)9-6-10-16(18)25-19;/h3-10H,11-13H2,1-2H3;1H. The second kappa shape index (κ2) is 9.07. The molecule has 0 N–H and O–H groups in total. The number of halogens is 2. The average Bonchev–Trinajstić information content (AvgIpc) is 3.01. The zero-order valence-corrected chi connectivity index (χ0v) is 16.3. The van der Waals surface area contributed by atoms with Crippen molar-refractivity contribution in [1.29, 1.82) is 0 Å². The average molecular weight is 394 g/mol. The van der Waals surface area contributed by atoms with Crippen molar-refractivity contribution in [3.63, 3.8) is 0 Å². The molecular weight excluding hydrogens is 373 g/mol. The number of amides is 1. The number of hydrogen-bond acceptors (Lipinski definition) is 4. The molecule has 0 spiro atoms. The number of para-hydroxylation sites is 1. The number of benzene rings is 2. The van der Waals surface area contributed by atoms with Gasteiger partial charge in [-0.15, -0.1) is 12.4 Å². The van der Waals surface area contributed by atoms with Crippen LogP contribution in [0, 0.1) is 5.82 Å². The largest absolute Gasteiger partial charge is 0.308 e. The molecule has 0 fully saturated rings. The predicted octanol–water partition coefficient (Wildman–Crippen LogP) is 3.99. The van der Waals surface area contributed by atoms with Gasteiger partial charge >= 0.3 is 0 Å². The Hall–Kier alpha value is -2.02. The van der Waals surface area contributed by atoms with Crippen molar-refractivity contribution in [2.24, 2.45) is 0 Å². The van der Waals surface area contributed by atoms with Gasteiger partial charge in [-0.05, 0) is 31.8 Å². The molecule has 26 heavy (non-hydrogen) atoms. The van der Waals surface area contributed by atoms with E-state index in [1.54, 1.807) is 11.0 Å². The van der Waals surface area contributed by atoms with Gasteiger partial charge < -0.3 is 4.90 Å². The summed E-state index contributed by atoms with van der Waals surface area (Å²) < 4.78 is 14.7. The van der Waals surface area contributed by atoms with E-state index < -0.39 is 0 Å². The maximum Gasteiger partial charge on any atom is 0.233 e. The second-order valence-corrected chi connectivity index (χ2v) is 7.10. The molecule has 1 amide bonds. The zero-order chi connectivity index (χ0) is 17.8. The van der Waals surface area contributed by atoms with Crippen LogP contribution in [0.2, 0.25) is 0 Å². The van der Waals surface area contributed by atoms with Gasteiger partial charge in [-0.1, -0.05) is 47.7 Å². The van der Waals surface area contributed by atoms with Crippen LogP contribution >= 0.6 is 23.7 Å². The number of hydrogen-bond donors (Lipinski definition) is 0. The van der Waals surface area contributed by atoms with Crippen molar-refractivity contribution >= 4 is 45.0 Å². The summed E-state index contributed by atoms with van der Waals surface area (Å²) in [6.07, 6.45) is 0.298. The maximum atomic E-state index is 14.0. The third-order valence-electron chi connectivity index (χ3n) is 3.86. The Labute approximate surface area is 162 Å². The van der Waals surface area contributed by atoms with Gasteiger partial charge in [0.15, 0.2) is 5.13 Å². The highest BCUT2D eigenvalue weighted by Crippen LogP contribution is 2.30. The summed E-state index contributed by atoms with van der Waals surface area (Å²) in [4.78, 5) is 20.9. The zero-order valence-electron chi connectivity index (χ0n) is 14.7. The van der Waals surface area contributed by atoms with Gasteiger partial charge in [0.2, 0.25) is 5.91 Å². The molecule has 0 radical (unpaired) electrons. The Morgan fingerprint density at radius 3 is 2.46 bits per heavy atom. The number of aromatic nitrogens is 1. The van der Waals surface area contributed by atoms with Crippen molar-refractivity contribution in [3.05, 3.63) is 59.9 Å². The number of fused-ring (bicyclic) bond motifs is 1. The monoisotopic (exact) mass is 393 g/mol. The van der Waals surface area contributed by atoms with Crippen molar-refractivity contribution in [2.45, 2.75) is 6.42 Å². The van der Waals surface area contributed by atoms with E-state index in [1.165, 1.54) is 17.4 Å². The molecule has 0 aliphatic rings. The SMILES string of the molecule is CN(C)CCN(C(=O)Cc1ccccc1)c1nc2c(F)cccc2s1.Cl. The lowest BCUT2D eigenvalue weighted by atomic mass is 10.1. The lowest BCUT2D eigenvalue weighted by molar-refractivity contribution is -0.118. The number of anilines is 1. The molecule has 1 heterocycles. The van der Waals surface area contributed by atoms with Gasteiger partial charge in [-0.3, -0.25) is 9.69 Å². The Morgan fingerprint density at radius 1 is 1.08 bits per heavy atom. The number of carbonyl (C=O) groups excluding carboxylic acids is 1. The van der Waals surface area contributed by atoms with E-state index in [2.05, 4.69) is 4.98 Å². The van der Waals surface area contributed by atoms with E-state index in [4.69, 9.17) is 0 Å². The lowest BCUT2D eigenvalue weighted by Gasteiger charge is -2.22. The molecule has 0 saturated carbocycles. The Balaban J connectivity index is 0.00000243. The van der Waals surface area contributed by atoms with Gasteiger partial charge in [-0.25, -0.2) is 9.37 Å². The molecule has 7 heteroatoms. The first kappa shape index (κ1) is 20.3. The molecule has 0 atom stereocenters. The molecule has 0 aliphatic heterocycles. The molecule has 0 unspecified atom stereocenters. The third kappa shape index (κ3) is 4.78. The van der Waals surface area contributed by atoms with Gasteiger partial charge in [0.05, 0.1) is 11.1 Å². The minimum absolute atomic E-state index is 0. The number of carbonyl (C=O) groups is 1. The smallest absolute Gasteiger partial charge is 0.233 e. The summed E-state index contributed by atoms with van der Waals surface area (Å²) >= 11 is 1.35. The van der Waals surface area contributed by atoms with Crippen molar-refractivity contribution in [3.8, 4) is 0 Å². The van der Waals surface area contributed by atoms with Crippen LogP contribution in [0.1, 0.15) is 5.56 Å². The first-order chi connectivity index (χ1) is 12.0. The minimum atomic E-state index is -0.358. The van der Waals surface area contributed by atoms with Gasteiger partial charge in [-0.2, -0.15) is 0 Å². The van der Waals surface area contributed by atoms with E-state index >= 15 is 0 Å². The van der Waals surface area contributed by atoms with Crippen LogP contribution in [0.15, 0.2) is 48.5 Å². The first-order valence-corrected chi connectivity index (χ1v) is 8.90. The number of nitrogens with zero attached hydrogens (tertiary/aromatic N) is 3. The van der Waals surface area contributed by atoms with Crippen molar-refractivity contribution in [2.75, 3.05) is 32.1 Å². The molecule has 0 saturated heterocycles. The second-order valence-electron chi connectivity index (χ2n) is 6.09. The topological polar surface area (TPSA) is 36.4 Å². The van der Waals surface area contributed by atoms with Crippen LogP contribution in [0.5, 0.6) is 0 Å². The number of rotatable bonds is 6. The van der Waals surface area contributed by atoms with Crippen LogP contribution in [-0.2, 0) is 11.2 Å². The molecule has 3 aromatic rings. The summed E-state index contributed by atoms with van der Waals surface area (Å²) in [5.41, 5.74) is 1.28. The fraction of sp³-hybridized carbons (Fsp3) is 0.263. The fourth-order valence-electron chi connectivity index (χ4n) is 2.51. The number of likely N-dealkylation sites (N-methyl/N-ethyl adjacent to an activating group) is 1. The van der Waals surface area contributed by atoms with Crippen molar-refractivity contribution < 1.29 is 9.18 Å². The normalized spacial score (nSPS) is 10.8. The third-order valence-corrected chi connectivity index (χ3v) is 4.90. The molecule has 0 aliphatic carbocycles. The summed E-state index contributed by atoms with van der Waals surface area (Å²) in [5, 5.41) is 0.544. The minimum Gasteiger partial charge on any atom is -0.308 e. The van der Waals surface area contributed by atoms with Gasteiger partial charge in [0.25, 0.3) is 0 Å². The molecule has 2 aromatic carbocycles. The summed E-state index contributed by atoms with van der Waals surface area (Å²) in [7, 11) is 3.91. The molecule has 0 bridgehead atoms. The van der Waals surface area contributed by atoms with Crippen LogP contribution in [0.25, 0.3) is 10.2 Å². The summed E-state index contributed by atoms with van der Waals surface area (Å²) in [5.74, 6) is -0.393. The van der Waals surface area contributed by atoms with Crippen LogP contribution in [-0.4, -0.2) is 43.0 Å². The molecule has 1 aromatic heterocycles. The Bertz CT molecular complexity index is 870. The van der Waals surface area contributed by atoms with E-state index in [0.29, 0.717) is 30.2 Å². The predicted molar refractivity (Wildman–Crippen MR) is 108 cm³/mol. The van der Waals surface area contributed by atoms with Crippen LogP contribution in [0.4, 0.5) is 9.52 Å². The molecule has 138 valence electrons. The van der Waals surface area contributed by atoms with Crippen LogP contribution < -0.4 is 4.90 Å². The van der Waals surface area contributed by atoms with Gasteiger partial charge in [0, 0.05) is 13.1 Å². The molecular formula is C19H21ClFN3OS. The van der Waals surface area contributed by atoms with E-state index in [-0.39, 0.29) is 24.1 Å². The Kier molecular flexibility index (Phi) is 7.08. The molecule has 4 nitrogen and oxygen atoms in total. The fourth-order valence-corrected chi connectivity index (χ4v) is 3.53. The van der Waals surface area contributed by atoms with E-state index in [0.717, 1.165) is 10.3 Å². The highest BCUT2D eigenvalue weighted by atomic mass is 35.5. The summed E-state index contributed by atoms with van der Waals surface area (Å²) in [6.45, 7) is 1.22. The Morgan fingerprint density at radius 2 is 1.81 bits per heavy atom. The van der Waals surface area contributed by atoms with Crippen molar-refractivity contribution in [1.82, 2.24) is 9.88 Å². The first-order valence-electron chi connectivity index (χ1n) is 8.08. The van der Waals surface area contributed by atoms with E-state index in [9.17, 15) is 9.18 Å². The highest BCUT2D eigenvalue weighted by Gasteiger charge is 2.21. The highest BCUT2D eigenvalue weighted by molar-refractivity contribution is 7.22. The quantitative estimate of drug-likeness (QED) is 0.635. The maximum absolute atomic E-state index is 14.0. The number of thiazole rings is 1.